The second-order valence-corrected chi connectivity index (χ2v) is 12.3. The average Bonchev–Trinajstić information content (AvgIpc) is 2.81. The number of nitrogens with zero attached hydrogens (tertiary/aromatic N) is 2. The summed E-state index contributed by atoms with van der Waals surface area (Å²) >= 11 is 6.32. The first-order valence-electron chi connectivity index (χ1n) is 11.6. The zero-order valence-electron chi connectivity index (χ0n) is 21.2. The van der Waals surface area contributed by atoms with Gasteiger partial charge >= 0.3 is 0 Å². The van der Waals surface area contributed by atoms with Gasteiger partial charge in [0.1, 0.15) is 6.04 Å². The lowest BCUT2D eigenvalue weighted by molar-refractivity contribution is -0.141. The van der Waals surface area contributed by atoms with Crippen LogP contribution in [-0.4, -0.2) is 54.6 Å². The number of likely N-dealkylation sites (N-methyl/N-ethyl adjacent to an activating group) is 1. The standard InChI is InChI=1S/C27H32ClN3O4S/c1-19(26(33)29-27(2,3)4)31(17-22-12-8-9-13-24(22)28)25(32)18-30(5)36(34,35)23-15-14-20-10-6-7-11-21(20)16-23/h6-16,19H,17-18H2,1-5H3,(H,29,33)/t19-/m1/s1. The first kappa shape index (κ1) is 27.6. The molecule has 36 heavy (non-hydrogen) atoms. The molecular weight excluding hydrogens is 498 g/mol. The number of benzene rings is 3. The third-order valence-corrected chi connectivity index (χ3v) is 7.92. The number of sulfonamides is 1. The Morgan fingerprint density at radius 1 is 0.972 bits per heavy atom. The van der Waals surface area contributed by atoms with Gasteiger partial charge in [0, 0.05) is 24.2 Å². The summed E-state index contributed by atoms with van der Waals surface area (Å²) in [4.78, 5) is 27.9. The number of carbonyl (C=O) groups excluding carboxylic acids is 2. The molecule has 0 spiro atoms. The predicted octanol–water partition coefficient (Wildman–Crippen LogP) is 4.45. The van der Waals surface area contributed by atoms with Gasteiger partial charge in [0.15, 0.2) is 0 Å². The summed E-state index contributed by atoms with van der Waals surface area (Å²) in [6, 6.07) is 18.5. The first-order chi connectivity index (χ1) is 16.8. The van der Waals surface area contributed by atoms with Crippen LogP contribution in [0.25, 0.3) is 10.8 Å². The molecule has 3 aromatic carbocycles. The second-order valence-electron chi connectivity index (χ2n) is 9.80. The van der Waals surface area contributed by atoms with Gasteiger partial charge in [-0.25, -0.2) is 8.42 Å². The van der Waals surface area contributed by atoms with Crippen molar-refractivity contribution in [3.63, 3.8) is 0 Å². The van der Waals surface area contributed by atoms with Crippen LogP contribution in [0, 0.1) is 0 Å². The number of nitrogens with one attached hydrogen (secondary N) is 1. The monoisotopic (exact) mass is 529 g/mol. The van der Waals surface area contributed by atoms with Crippen molar-refractivity contribution in [2.75, 3.05) is 13.6 Å². The van der Waals surface area contributed by atoms with Gasteiger partial charge in [0.2, 0.25) is 21.8 Å². The van der Waals surface area contributed by atoms with E-state index >= 15 is 0 Å². The number of fused-ring (bicyclic) bond motifs is 1. The van der Waals surface area contributed by atoms with E-state index in [2.05, 4.69) is 5.32 Å². The van der Waals surface area contributed by atoms with Crippen molar-refractivity contribution >= 4 is 44.2 Å². The van der Waals surface area contributed by atoms with E-state index in [4.69, 9.17) is 11.6 Å². The highest BCUT2D eigenvalue weighted by Gasteiger charge is 2.31. The van der Waals surface area contributed by atoms with Crippen molar-refractivity contribution in [3.8, 4) is 0 Å². The predicted molar refractivity (Wildman–Crippen MR) is 143 cm³/mol. The molecule has 0 bridgehead atoms. The zero-order valence-corrected chi connectivity index (χ0v) is 22.7. The third kappa shape index (κ3) is 6.63. The van der Waals surface area contributed by atoms with Crippen LogP contribution in [0.2, 0.25) is 5.02 Å². The molecule has 3 aromatic rings. The molecule has 0 aromatic heterocycles. The van der Waals surface area contributed by atoms with Crippen molar-refractivity contribution in [1.29, 1.82) is 0 Å². The van der Waals surface area contributed by atoms with Crippen molar-refractivity contribution in [3.05, 3.63) is 77.3 Å². The van der Waals surface area contributed by atoms with Gasteiger partial charge in [-0.2, -0.15) is 4.31 Å². The van der Waals surface area contributed by atoms with E-state index in [9.17, 15) is 18.0 Å². The smallest absolute Gasteiger partial charge is 0.243 e. The molecule has 1 atom stereocenters. The number of amides is 2. The first-order valence-corrected chi connectivity index (χ1v) is 13.4. The van der Waals surface area contributed by atoms with E-state index < -0.39 is 34.1 Å². The Morgan fingerprint density at radius 3 is 2.22 bits per heavy atom. The minimum absolute atomic E-state index is 0.0566. The summed E-state index contributed by atoms with van der Waals surface area (Å²) in [5.74, 6) is -0.860. The van der Waals surface area contributed by atoms with Crippen LogP contribution in [0.15, 0.2) is 71.6 Å². The van der Waals surface area contributed by atoms with Crippen LogP contribution < -0.4 is 5.32 Å². The van der Waals surface area contributed by atoms with Gasteiger partial charge in [0.05, 0.1) is 11.4 Å². The fourth-order valence-electron chi connectivity index (χ4n) is 3.74. The van der Waals surface area contributed by atoms with Crippen LogP contribution in [0.4, 0.5) is 0 Å². The maximum absolute atomic E-state index is 13.5. The van der Waals surface area contributed by atoms with Crippen LogP contribution in [0.1, 0.15) is 33.3 Å². The highest BCUT2D eigenvalue weighted by atomic mass is 35.5. The molecule has 2 amide bonds. The lowest BCUT2D eigenvalue weighted by Crippen LogP contribution is -2.54. The highest BCUT2D eigenvalue weighted by molar-refractivity contribution is 7.89. The largest absolute Gasteiger partial charge is 0.350 e. The SMILES string of the molecule is C[C@H](C(=O)NC(C)(C)C)N(Cc1ccccc1Cl)C(=O)CN(C)S(=O)(=O)c1ccc2ccccc2c1. The number of carbonyl (C=O) groups is 2. The fourth-order valence-corrected chi connectivity index (χ4v) is 5.09. The molecular formula is C27H32ClN3O4S. The van der Waals surface area contributed by atoms with Crippen molar-refractivity contribution in [2.45, 2.75) is 50.7 Å². The van der Waals surface area contributed by atoms with Crippen molar-refractivity contribution < 1.29 is 18.0 Å². The van der Waals surface area contributed by atoms with Crippen LogP contribution >= 0.6 is 11.6 Å². The summed E-state index contributed by atoms with van der Waals surface area (Å²) in [5.41, 5.74) is 0.156. The Kier molecular flexibility index (Phi) is 8.44. The molecule has 0 aliphatic heterocycles. The minimum atomic E-state index is -3.96. The summed E-state index contributed by atoms with van der Waals surface area (Å²) in [6.45, 7) is 6.78. The Hall–Kier alpha value is -2.94. The maximum atomic E-state index is 13.5. The van der Waals surface area contributed by atoms with Gasteiger partial charge in [-0.05, 0) is 62.2 Å². The van der Waals surface area contributed by atoms with Crippen molar-refractivity contribution in [2.24, 2.45) is 0 Å². The summed E-state index contributed by atoms with van der Waals surface area (Å²) < 4.78 is 27.6. The lowest BCUT2D eigenvalue weighted by atomic mass is 10.1. The molecule has 0 saturated heterocycles. The molecule has 0 aliphatic rings. The number of halogens is 1. The van der Waals surface area contributed by atoms with Crippen LogP contribution in [0.5, 0.6) is 0 Å². The Balaban J connectivity index is 1.87. The van der Waals surface area contributed by atoms with Gasteiger partial charge < -0.3 is 10.2 Å². The summed E-state index contributed by atoms with van der Waals surface area (Å²) in [7, 11) is -2.60. The van der Waals surface area contributed by atoms with E-state index in [1.165, 1.54) is 18.0 Å². The highest BCUT2D eigenvalue weighted by Crippen LogP contribution is 2.23. The normalized spacial score (nSPS) is 13.0. The minimum Gasteiger partial charge on any atom is -0.350 e. The molecule has 3 rings (SSSR count). The number of hydrogen-bond acceptors (Lipinski definition) is 4. The summed E-state index contributed by atoms with van der Waals surface area (Å²) in [6.07, 6.45) is 0. The molecule has 0 unspecified atom stereocenters. The quantitative estimate of drug-likeness (QED) is 0.467. The molecule has 0 aliphatic carbocycles. The van der Waals surface area contributed by atoms with E-state index in [0.29, 0.717) is 10.6 Å². The molecule has 7 nitrogen and oxygen atoms in total. The molecule has 0 fully saturated rings. The van der Waals surface area contributed by atoms with E-state index in [1.54, 1.807) is 43.3 Å². The molecule has 192 valence electrons. The number of rotatable bonds is 8. The van der Waals surface area contributed by atoms with Crippen LogP contribution in [0.3, 0.4) is 0 Å². The maximum Gasteiger partial charge on any atom is 0.243 e. The van der Waals surface area contributed by atoms with E-state index in [1.807, 2.05) is 45.0 Å². The zero-order chi connectivity index (χ0) is 26.7. The molecule has 0 heterocycles. The topological polar surface area (TPSA) is 86.8 Å². The van der Waals surface area contributed by atoms with Gasteiger partial charge in [-0.15, -0.1) is 0 Å². The molecule has 9 heteroatoms. The van der Waals surface area contributed by atoms with Gasteiger partial charge in [-0.3, -0.25) is 9.59 Å². The van der Waals surface area contributed by atoms with Crippen LogP contribution in [-0.2, 0) is 26.2 Å². The third-order valence-electron chi connectivity index (χ3n) is 5.75. The van der Waals surface area contributed by atoms with Gasteiger partial charge in [0.25, 0.3) is 0 Å². The summed E-state index contributed by atoms with van der Waals surface area (Å²) in [5, 5.41) is 5.04. The van der Waals surface area contributed by atoms with E-state index in [-0.39, 0.29) is 17.3 Å². The van der Waals surface area contributed by atoms with Crippen molar-refractivity contribution in [1.82, 2.24) is 14.5 Å². The average molecular weight is 530 g/mol. The Morgan fingerprint density at radius 2 is 1.58 bits per heavy atom. The second kappa shape index (κ2) is 11.0. The molecule has 0 saturated carbocycles. The number of hydrogen-bond donors (Lipinski definition) is 1. The molecule has 0 radical (unpaired) electrons. The van der Waals surface area contributed by atoms with E-state index in [0.717, 1.165) is 15.1 Å². The molecule has 1 N–H and O–H groups in total. The lowest BCUT2D eigenvalue weighted by Gasteiger charge is -2.32. The Labute approximate surface area is 218 Å². The van der Waals surface area contributed by atoms with Gasteiger partial charge in [-0.1, -0.05) is 60.1 Å². The fraction of sp³-hybridized carbons (Fsp3) is 0.333. The Bertz CT molecular complexity index is 1370.